The monoisotopic (exact) mass is 397 g/mol. The van der Waals surface area contributed by atoms with Crippen molar-refractivity contribution in [2.75, 3.05) is 38.0 Å². The van der Waals surface area contributed by atoms with Crippen molar-refractivity contribution < 1.29 is 4.79 Å². The molecule has 0 atom stereocenters. The van der Waals surface area contributed by atoms with Crippen LogP contribution in [-0.4, -0.2) is 58.0 Å². The number of hydrogen-bond acceptors (Lipinski definition) is 4. The number of nitrogens with zero attached hydrogens (tertiary/aromatic N) is 4. The number of rotatable bonds is 6. The number of piperazine rings is 1. The Morgan fingerprint density at radius 2 is 1.76 bits per heavy atom. The summed E-state index contributed by atoms with van der Waals surface area (Å²) in [6.07, 6.45) is 5.66. The van der Waals surface area contributed by atoms with E-state index in [1.807, 2.05) is 12.1 Å². The largest absolute Gasteiger partial charge is 0.327 e. The number of imidazole rings is 1. The lowest BCUT2D eigenvalue weighted by Crippen LogP contribution is -2.45. The molecule has 0 unspecified atom stereocenters. The third-order valence-electron chi connectivity index (χ3n) is 6.66. The Kier molecular flexibility index (Phi) is 6.50. The van der Waals surface area contributed by atoms with E-state index in [9.17, 15) is 4.79 Å². The number of aromatic nitrogens is 2. The van der Waals surface area contributed by atoms with Gasteiger partial charge in [-0.15, -0.1) is 0 Å². The summed E-state index contributed by atoms with van der Waals surface area (Å²) >= 11 is 0. The highest BCUT2D eigenvalue weighted by molar-refractivity contribution is 5.94. The third kappa shape index (κ3) is 4.64. The van der Waals surface area contributed by atoms with E-state index in [1.54, 1.807) is 0 Å². The average molecular weight is 398 g/mol. The van der Waals surface area contributed by atoms with Gasteiger partial charge in [-0.3, -0.25) is 9.69 Å². The van der Waals surface area contributed by atoms with E-state index in [-0.39, 0.29) is 11.8 Å². The first-order chi connectivity index (χ1) is 14.2. The molecular weight excluding hydrogens is 362 g/mol. The van der Waals surface area contributed by atoms with Crippen molar-refractivity contribution in [3.8, 4) is 0 Å². The van der Waals surface area contributed by atoms with Gasteiger partial charge in [0.2, 0.25) is 5.91 Å². The Morgan fingerprint density at radius 1 is 1.03 bits per heavy atom. The summed E-state index contributed by atoms with van der Waals surface area (Å²) in [6.45, 7) is 11.8. The van der Waals surface area contributed by atoms with Gasteiger partial charge in [0.15, 0.2) is 0 Å². The highest BCUT2D eigenvalue weighted by Crippen LogP contribution is 2.26. The fourth-order valence-corrected chi connectivity index (χ4v) is 4.80. The Hall–Kier alpha value is -1.92. The Morgan fingerprint density at radius 3 is 2.45 bits per heavy atom. The van der Waals surface area contributed by atoms with Gasteiger partial charge in [-0.1, -0.05) is 26.2 Å². The quantitative estimate of drug-likeness (QED) is 0.807. The summed E-state index contributed by atoms with van der Waals surface area (Å²) in [4.78, 5) is 22.6. The van der Waals surface area contributed by atoms with E-state index in [1.165, 1.54) is 19.3 Å². The van der Waals surface area contributed by atoms with E-state index >= 15 is 0 Å². The molecule has 1 aromatic carbocycles. The fourth-order valence-electron chi connectivity index (χ4n) is 4.80. The number of aryl methyl sites for hydroxylation is 1. The molecule has 0 bridgehead atoms. The summed E-state index contributed by atoms with van der Waals surface area (Å²) in [5.74, 6) is 1.47. The fraction of sp³-hybridized carbons (Fsp3) is 0.652. The van der Waals surface area contributed by atoms with Crippen LogP contribution in [0, 0.1) is 5.92 Å². The number of anilines is 1. The molecule has 0 spiro atoms. The number of benzene rings is 1. The molecule has 6 nitrogen and oxygen atoms in total. The second kappa shape index (κ2) is 9.26. The number of nitrogens with one attached hydrogen (secondary N) is 1. The van der Waals surface area contributed by atoms with Crippen LogP contribution < -0.4 is 5.32 Å². The molecular formula is C23H35N5O. The molecule has 2 fully saturated rings. The summed E-state index contributed by atoms with van der Waals surface area (Å²) in [5, 5.41) is 3.14. The molecule has 6 heteroatoms. The van der Waals surface area contributed by atoms with Crippen LogP contribution in [0.3, 0.4) is 0 Å². The molecule has 158 valence electrons. The predicted molar refractivity (Wildman–Crippen MR) is 118 cm³/mol. The van der Waals surface area contributed by atoms with Gasteiger partial charge in [0.05, 0.1) is 17.6 Å². The van der Waals surface area contributed by atoms with Crippen LogP contribution in [0.15, 0.2) is 18.2 Å². The van der Waals surface area contributed by atoms with Gasteiger partial charge >= 0.3 is 0 Å². The first-order valence-electron chi connectivity index (χ1n) is 11.4. The van der Waals surface area contributed by atoms with E-state index < -0.39 is 0 Å². The van der Waals surface area contributed by atoms with Gasteiger partial charge in [0, 0.05) is 44.3 Å². The second-order valence-electron chi connectivity index (χ2n) is 8.51. The number of carbonyl (C=O) groups excluding carboxylic acids is 1. The van der Waals surface area contributed by atoms with Crippen molar-refractivity contribution in [1.82, 2.24) is 19.4 Å². The second-order valence-corrected chi connectivity index (χ2v) is 8.51. The molecule has 1 aromatic heterocycles. The SMILES string of the molecule is CCN1CCN(Cc2nc3cc(NC(=O)C4CCCCC4)ccc3n2CC)CC1. The van der Waals surface area contributed by atoms with Gasteiger partial charge in [-0.25, -0.2) is 4.98 Å². The lowest BCUT2D eigenvalue weighted by Gasteiger charge is -2.33. The van der Waals surface area contributed by atoms with Crippen molar-refractivity contribution >= 4 is 22.6 Å². The molecule has 29 heavy (non-hydrogen) atoms. The smallest absolute Gasteiger partial charge is 0.227 e. The summed E-state index contributed by atoms with van der Waals surface area (Å²) in [7, 11) is 0. The first kappa shape index (κ1) is 20.4. The summed E-state index contributed by atoms with van der Waals surface area (Å²) in [5.41, 5.74) is 3.01. The van der Waals surface area contributed by atoms with Crippen LogP contribution in [0.5, 0.6) is 0 Å². The molecule has 2 aliphatic rings. The lowest BCUT2D eigenvalue weighted by molar-refractivity contribution is -0.120. The van der Waals surface area contributed by atoms with Crippen LogP contribution in [0.25, 0.3) is 11.0 Å². The predicted octanol–water partition coefficient (Wildman–Crippen LogP) is 3.71. The van der Waals surface area contributed by atoms with Crippen molar-refractivity contribution in [2.45, 2.75) is 59.0 Å². The van der Waals surface area contributed by atoms with Crippen LogP contribution in [-0.2, 0) is 17.9 Å². The van der Waals surface area contributed by atoms with E-state index in [2.05, 4.69) is 39.6 Å². The molecule has 0 radical (unpaired) electrons. The molecule has 1 aliphatic carbocycles. The molecule has 1 N–H and O–H groups in total. The zero-order chi connectivity index (χ0) is 20.2. The van der Waals surface area contributed by atoms with Gasteiger partial charge in [-0.2, -0.15) is 0 Å². The van der Waals surface area contributed by atoms with E-state index in [0.29, 0.717) is 0 Å². The maximum atomic E-state index is 12.6. The maximum Gasteiger partial charge on any atom is 0.227 e. The molecule has 1 saturated heterocycles. The van der Waals surface area contributed by atoms with Crippen molar-refractivity contribution in [1.29, 1.82) is 0 Å². The minimum atomic E-state index is 0.171. The third-order valence-corrected chi connectivity index (χ3v) is 6.66. The van der Waals surface area contributed by atoms with Crippen LogP contribution in [0.1, 0.15) is 51.8 Å². The highest BCUT2D eigenvalue weighted by atomic mass is 16.1. The maximum absolute atomic E-state index is 12.6. The lowest BCUT2D eigenvalue weighted by atomic mass is 9.88. The Labute approximate surface area is 174 Å². The molecule has 2 aromatic rings. The topological polar surface area (TPSA) is 53.4 Å². The number of carbonyl (C=O) groups is 1. The minimum absolute atomic E-state index is 0.171. The average Bonchev–Trinajstić information content (AvgIpc) is 3.11. The summed E-state index contributed by atoms with van der Waals surface area (Å²) in [6, 6.07) is 6.18. The van der Waals surface area contributed by atoms with Gasteiger partial charge < -0.3 is 14.8 Å². The number of fused-ring (bicyclic) bond motifs is 1. The van der Waals surface area contributed by atoms with Crippen LogP contribution >= 0.6 is 0 Å². The Bertz CT molecular complexity index is 831. The van der Waals surface area contributed by atoms with Crippen molar-refractivity contribution in [2.24, 2.45) is 5.92 Å². The molecule has 1 aliphatic heterocycles. The highest BCUT2D eigenvalue weighted by Gasteiger charge is 2.22. The van der Waals surface area contributed by atoms with Crippen molar-refractivity contribution in [3.05, 3.63) is 24.0 Å². The molecule has 2 heterocycles. The zero-order valence-electron chi connectivity index (χ0n) is 18.0. The standard InChI is InChI=1S/C23H35N5O/c1-3-26-12-14-27(15-13-26)17-22-25-20-16-19(10-11-21(20)28(22)4-2)24-23(29)18-8-6-5-7-9-18/h10-11,16,18H,3-9,12-15,17H2,1-2H3,(H,24,29). The zero-order valence-corrected chi connectivity index (χ0v) is 18.0. The van der Waals surface area contributed by atoms with Gasteiger partial charge in [-0.05, 0) is 44.5 Å². The van der Waals surface area contributed by atoms with Crippen LogP contribution in [0.4, 0.5) is 5.69 Å². The first-order valence-corrected chi connectivity index (χ1v) is 11.4. The van der Waals surface area contributed by atoms with Crippen molar-refractivity contribution in [3.63, 3.8) is 0 Å². The minimum Gasteiger partial charge on any atom is -0.327 e. The van der Waals surface area contributed by atoms with Gasteiger partial charge in [0.25, 0.3) is 0 Å². The normalized spacial score (nSPS) is 19.7. The molecule has 1 saturated carbocycles. The van der Waals surface area contributed by atoms with E-state index in [0.717, 1.165) is 81.2 Å². The van der Waals surface area contributed by atoms with Crippen LogP contribution in [0.2, 0.25) is 0 Å². The number of amides is 1. The number of hydrogen-bond donors (Lipinski definition) is 1. The van der Waals surface area contributed by atoms with Gasteiger partial charge in [0.1, 0.15) is 5.82 Å². The Balaban J connectivity index is 1.47. The molecule has 1 amide bonds. The summed E-state index contributed by atoms with van der Waals surface area (Å²) < 4.78 is 2.31. The molecule has 4 rings (SSSR count). The van der Waals surface area contributed by atoms with E-state index in [4.69, 9.17) is 4.98 Å². The number of likely N-dealkylation sites (N-methyl/N-ethyl adjacent to an activating group) is 1.